The highest BCUT2D eigenvalue weighted by Crippen LogP contribution is 2.38. The number of ether oxygens (including phenoxy) is 2. The van der Waals surface area contributed by atoms with Crippen LogP contribution in [-0.2, 0) is 9.59 Å². The number of hydrogen-bond donors (Lipinski definition) is 3. The van der Waals surface area contributed by atoms with Crippen LogP contribution in [-0.4, -0.2) is 98.2 Å². The van der Waals surface area contributed by atoms with Crippen LogP contribution in [0.1, 0.15) is 18.5 Å². The topological polar surface area (TPSA) is 161 Å². The molecule has 45 heavy (non-hydrogen) atoms. The maximum Gasteiger partial charge on any atom is 0.306 e. The van der Waals surface area contributed by atoms with Crippen molar-refractivity contribution in [1.29, 1.82) is 0 Å². The molecule has 0 unspecified atom stereocenters. The molecule has 0 saturated carbocycles. The monoisotopic (exact) mass is 613 g/mol. The summed E-state index contributed by atoms with van der Waals surface area (Å²) in [5, 5.41) is 24.8. The van der Waals surface area contributed by atoms with Gasteiger partial charge in [0, 0.05) is 55.7 Å². The van der Waals surface area contributed by atoms with Crippen LogP contribution in [0.15, 0.2) is 49.1 Å². The van der Waals surface area contributed by atoms with Crippen molar-refractivity contribution in [1.82, 2.24) is 39.6 Å². The maximum atomic E-state index is 10.6. The molecule has 1 saturated heterocycles. The molecule has 2 aliphatic rings. The lowest BCUT2D eigenvalue weighted by Crippen LogP contribution is -2.39. The number of carbonyl (C=O) groups is 2. The predicted molar refractivity (Wildman–Crippen MR) is 167 cm³/mol. The molecule has 6 heterocycles. The van der Waals surface area contributed by atoms with E-state index in [4.69, 9.17) is 19.7 Å². The van der Waals surface area contributed by atoms with E-state index in [1.165, 1.54) is 0 Å². The van der Waals surface area contributed by atoms with Crippen molar-refractivity contribution in [3.05, 3.63) is 54.7 Å². The van der Waals surface area contributed by atoms with Gasteiger partial charge in [0.2, 0.25) is 6.41 Å². The van der Waals surface area contributed by atoms with E-state index < -0.39 is 5.97 Å². The largest absolute Gasteiger partial charge is 0.494 e. The van der Waals surface area contributed by atoms with Gasteiger partial charge in [0.25, 0.3) is 0 Å². The Kier molecular flexibility index (Phi) is 8.73. The first-order chi connectivity index (χ1) is 22.0. The first kappa shape index (κ1) is 29.8. The van der Waals surface area contributed by atoms with Gasteiger partial charge < -0.3 is 30.1 Å². The third-order valence-corrected chi connectivity index (χ3v) is 8.08. The van der Waals surface area contributed by atoms with E-state index in [1.807, 2.05) is 48.3 Å². The molecule has 0 atom stereocenters. The van der Waals surface area contributed by atoms with Crippen LogP contribution in [0.2, 0.25) is 0 Å². The summed E-state index contributed by atoms with van der Waals surface area (Å²) >= 11 is 0. The number of likely N-dealkylation sites (tertiary alicyclic amines) is 1. The van der Waals surface area contributed by atoms with Gasteiger partial charge in [0.05, 0.1) is 47.4 Å². The molecule has 4 aromatic heterocycles. The molecule has 7 rings (SSSR count). The summed E-state index contributed by atoms with van der Waals surface area (Å²) in [6.45, 7) is 6.44. The fourth-order valence-electron chi connectivity index (χ4n) is 5.66. The Balaban J connectivity index is 0.000000216. The van der Waals surface area contributed by atoms with Gasteiger partial charge in [-0.05, 0) is 45.0 Å². The van der Waals surface area contributed by atoms with Crippen LogP contribution in [0, 0.1) is 12.8 Å². The molecule has 1 fully saturated rings. The third kappa shape index (κ3) is 6.22. The minimum Gasteiger partial charge on any atom is -0.494 e. The molecule has 0 radical (unpaired) electrons. The second-order valence-electron chi connectivity index (χ2n) is 10.9. The Morgan fingerprint density at radius 1 is 1.22 bits per heavy atom. The zero-order chi connectivity index (χ0) is 31.3. The number of benzene rings is 1. The van der Waals surface area contributed by atoms with Gasteiger partial charge in [-0.2, -0.15) is 10.2 Å². The first-order valence-corrected chi connectivity index (χ1v) is 14.8. The van der Waals surface area contributed by atoms with Gasteiger partial charge in [-0.3, -0.25) is 14.6 Å². The molecular weight excluding hydrogens is 578 g/mol. The molecule has 0 bridgehead atoms. The predicted octanol–water partition coefficient (Wildman–Crippen LogP) is 2.78. The maximum absolute atomic E-state index is 10.6. The Bertz CT molecular complexity index is 1830. The number of rotatable bonds is 8. The fraction of sp³-hybridized carbons (Fsp3) is 0.355. The molecule has 14 heteroatoms. The van der Waals surface area contributed by atoms with E-state index >= 15 is 0 Å². The van der Waals surface area contributed by atoms with Gasteiger partial charge in [-0.15, -0.1) is 0 Å². The number of nitrogens with one attached hydrogen (secondary N) is 2. The number of methoxy groups -OCH3 is 1. The van der Waals surface area contributed by atoms with Crippen molar-refractivity contribution >= 4 is 34.6 Å². The molecule has 3 N–H and O–H groups in total. The van der Waals surface area contributed by atoms with Crippen LogP contribution >= 0.6 is 0 Å². The average Bonchev–Trinajstić information content (AvgIpc) is 3.65. The van der Waals surface area contributed by atoms with Gasteiger partial charge in [0.15, 0.2) is 5.65 Å². The van der Waals surface area contributed by atoms with Crippen molar-refractivity contribution in [2.75, 3.05) is 51.8 Å². The molecular formula is C31H35N9O5. The third-order valence-electron chi connectivity index (χ3n) is 8.08. The van der Waals surface area contributed by atoms with Gasteiger partial charge in [-0.25, -0.2) is 14.2 Å². The highest BCUT2D eigenvalue weighted by Gasteiger charge is 2.24. The summed E-state index contributed by atoms with van der Waals surface area (Å²) in [6, 6.07) is 7.77. The molecule has 0 spiro atoms. The highest BCUT2D eigenvalue weighted by molar-refractivity contribution is 5.88. The van der Waals surface area contributed by atoms with E-state index in [0.717, 1.165) is 89.6 Å². The number of piperidine rings is 1. The van der Waals surface area contributed by atoms with E-state index in [0.29, 0.717) is 25.3 Å². The smallest absolute Gasteiger partial charge is 0.306 e. The number of carbonyl (C=O) groups excluding carboxylic acids is 1. The fourth-order valence-corrected chi connectivity index (χ4v) is 5.66. The molecule has 1 amide bonds. The zero-order valence-electron chi connectivity index (χ0n) is 25.1. The van der Waals surface area contributed by atoms with E-state index in [2.05, 4.69) is 30.6 Å². The van der Waals surface area contributed by atoms with E-state index in [9.17, 15) is 9.59 Å². The van der Waals surface area contributed by atoms with Crippen LogP contribution < -0.4 is 20.1 Å². The summed E-state index contributed by atoms with van der Waals surface area (Å²) in [5.41, 5.74) is 5.90. The van der Waals surface area contributed by atoms with Crippen LogP contribution in [0.25, 0.3) is 33.5 Å². The van der Waals surface area contributed by atoms with Crippen LogP contribution in [0.4, 0.5) is 5.69 Å². The number of amides is 1. The molecule has 1 aromatic carbocycles. The van der Waals surface area contributed by atoms with Crippen molar-refractivity contribution in [2.45, 2.75) is 19.8 Å². The second kappa shape index (κ2) is 13.2. The normalized spacial score (nSPS) is 15.0. The number of anilines is 1. The Morgan fingerprint density at radius 2 is 2.07 bits per heavy atom. The molecule has 14 nitrogen and oxygen atoms in total. The SMILES string of the molecule is COc1cc2c(cc1-n1nc(C)c3cnc(-c4cnn5cccnc45)cc31)OCCN2.O=CNCCN1CCC(C(=O)O)CC1. The number of nitrogens with zero attached hydrogens (tertiary/aromatic N) is 7. The van der Waals surface area contributed by atoms with Crippen LogP contribution in [0.5, 0.6) is 11.5 Å². The van der Waals surface area contributed by atoms with Gasteiger partial charge in [-0.1, -0.05) is 0 Å². The minimum atomic E-state index is -0.685. The number of carboxylic acid groups (broad SMARTS) is 1. The van der Waals surface area contributed by atoms with Crippen molar-refractivity contribution in [3.8, 4) is 28.4 Å². The summed E-state index contributed by atoms with van der Waals surface area (Å²) in [5.74, 6) is 0.627. The Morgan fingerprint density at radius 3 is 2.84 bits per heavy atom. The summed E-state index contributed by atoms with van der Waals surface area (Å²) < 4.78 is 15.2. The van der Waals surface area contributed by atoms with E-state index in [1.54, 1.807) is 24.0 Å². The summed E-state index contributed by atoms with van der Waals surface area (Å²) in [4.78, 5) is 31.9. The van der Waals surface area contributed by atoms with Crippen molar-refractivity contribution in [3.63, 3.8) is 0 Å². The van der Waals surface area contributed by atoms with Gasteiger partial charge in [0.1, 0.15) is 23.8 Å². The lowest BCUT2D eigenvalue weighted by molar-refractivity contribution is -0.143. The standard InChI is InChI=1S/C22H19N7O2.C9H16N2O3/c1-13-14-11-25-16(15-12-26-28-6-3-4-24-22(15)28)8-18(14)29(27-13)19-10-20-17(9-21(19)30-2)23-5-7-31-20;12-7-10-3-6-11-4-1-8(2-5-11)9(13)14/h3-4,6,8-12,23H,5,7H2,1-2H3;7-8H,1-6H2,(H,10,12)(H,13,14). The number of hydrogen-bond acceptors (Lipinski definition) is 10. The molecule has 0 aliphatic carbocycles. The van der Waals surface area contributed by atoms with Crippen LogP contribution in [0.3, 0.4) is 0 Å². The zero-order valence-corrected chi connectivity index (χ0v) is 25.1. The van der Waals surface area contributed by atoms with Gasteiger partial charge >= 0.3 is 5.97 Å². The number of carboxylic acids is 1. The molecule has 2 aliphatic heterocycles. The quantitative estimate of drug-likeness (QED) is 0.174. The Labute approximate surface area is 259 Å². The number of fused-ring (bicyclic) bond motifs is 3. The number of pyridine rings is 1. The number of aliphatic carboxylic acids is 1. The Hall–Kier alpha value is -5.24. The minimum absolute atomic E-state index is 0.176. The van der Waals surface area contributed by atoms with Crippen molar-refractivity contribution < 1.29 is 24.2 Å². The summed E-state index contributed by atoms with van der Waals surface area (Å²) in [6.07, 6.45) is 9.36. The van der Waals surface area contributed by atoms with E-state index in [-0.39, 0.29) is 5.92 Å². The second-order valence-corrected chi connectivity index (χ2v) is 10.9. The number of aromatic nitrogens is 6. The average molecular weight is 614 g/mol. The lowest BCUT2D eigenvalue weighted by atomic mass is 9.97. The molecule has 5 aromatic rings. The first-order valence-electron chi connectivity index (χ1n) is 14.8. The lowest BCUT2D eigenvalue weighted by Gasteiger charge is -2.29. The summed E-state index contributed by atoms with van der Waals surface area (Å²) in [7, 11) is 1.66. The molecule has 234 valence electrons. The van der Waals surface area contributed by atoms with Crippen molar-refractivity contribution in [2.24, 2.45) is 5.92 Å². The highest BCUT2D eigenvalue weighted by atomic mass is 16.5. The number of aryl methyl sites for hydroxylation is 1.